The van der Waals surface area contributed by atoms with Gasteiger partial charge < -0.3 is 15.4 Å². The molecule has 0 radical (unpaired) electrons. The number of pyridine rings is 1. The lowest BCUT2D eigenvalue weighted by atomic mass is 9.83. The van der Waals surface area contributed by atoms with E-state index < -0.39 is 0 Å². The number of fused-ring (bicyclic) bond motifs is 2. The largest absolute Gasteiger partial charge is 0.379 e. The van der Waals surface area contributed by atoms with Gasteiger partial charge in [-0.2, -0.15) is 0 Å². The van der Waals surface area contributed by atoms with Crippen molar-refractivity contribution in [2.45, 2.75) is 24.3 Å². The van der Waals surface area contributed by atoms with E-state index in [9.17, 15) is 0 Å². The second-order valence-corrected chi connectivity index (χ2v) is 9.56. The van der Waals surface area contributed by atoms with Crippen LogP contribution < -0.4 is 10.6 Å². The summed E-state index contributed by atoms with van der Waals surface area (Å²) in [4.78, 5) is 11.6. The van der Waals surface area contributed by atoms with Crippen molar-refractivity contribution in [2.75, 3.05) is 25.1 Å². The Bertz CT molecular complexity index is 1160. The van der Waals surface area contributed by atoms with Gasteiger partial charge in [-0.3, -0.25) is 0 Å². The molecule has 28 heavy (non-hydrogen) atoms. The summed E-state index contributed by atoms with van der Waals surface area (Å²) in [5.41, 5.74) is 5.20. The number of ether oxygens (including phenoxy) is 1. The standard InChI is InChI=1S/C21H20N4OS2/c1-2-18-17(23-12-27-18)9-13(1)25-16-4-6-22-20-14(16)10-19(28-20)15-3-7-24-21(15)5-8-26-11-21/h1-2,4,6,9-10,12,15,24H,3,5,7-8,11H2,(H,22,25). The fourth-order valence-electron chi connectivity index (χ4n) is 4.60. The number of nitrogens with zero attached hydrogens (tertiary/aromatic N) is 2. The predicted molar refractivity (Wildman–Crippen MR) is 116 cm³/mol. The van der Waals surface area contributed by atoms with E-state index in [1.807, 2.05) is 23.0 Å². The van der Waals surface area contributed by atoms with E-state index in [1.54, 1.807) is 11.3 Å². The van der Waals surface area contributed by atoms with Crippen LogP contribution in [0.3, 0.4) is 0 Å². The predicted octanol–water partition coefficient (Wildman–Crippen LogP) is 4.89. The van der Waals surface area contributed by atoms with Crippen LogP contribution in [0.25, 0.3) is 20.4 Å². The van der Waals surface area contributed by atoms with E-state index >= 15 is 0 Å². The average Bonchev–Trinajstić information content (AvgIpc) is 3.49. The molecule has 0 amide bonds. The molecular formula is C21H20N4OS2. The van der Waals surface area contributed by atoms with E-state index in [0.29, 0.717) is 5.92 Å². The molecule has 1 spiro atoms. The third-order valence-electron chi connectivity index (χ3n) is 6.04. The Balaban J connectivity index is 1.37. The van der Waals surface area contributed by atoms with Gasteiger partial charge in [0.2, 0.25) is 0 Å². The summed E-state index contributed by atoms with van der Waals surface area (Å²) in [6.45, 7) is 2.74. The molecule has 1 aromatic carbocycles. The fourth-order valence-corrected chi connectivity index (χ4v) is 6.54. The minimum Gasteiger partial charge on any atom is -0.379 e. The number of thiazole rings is 1. The first-order chi connectivity index (χ1) is 13.8. The quantitative estimate of drug-likeness (QED) is 0.506. The molecule has 2 atom stereocenters. The molecular weight excluding hydrogens is 388 g/mol. The molecule has 0 saturated carbocycles. The van der Waals surface area contributed by atoms with Crippen molar-refractivity contribution < 1.29 is 4.74 Å². The highest BCUT2D eigenvalue weighted by Crippen LogP contribution is 2.45. The summed E-state index contributed by atoms with van der Waals surface area (Å²) in [6.07, 6.45) is 4.16. The summed E-state index contributed by atoms with van der Waals surface area (Å²) >= 11 is 3.49. The topological polar surface area (TPSA) is 59.1 Å². The molecule has 5 heterocycles. The molecule has 4 aromatic rings. The Morgan fingerprint density at radius 1 is 1.21 bits per heavy atom. The lowest BCUT2D eigenvalue weighted by Crippen LogP contribution is -2.44. The van der Waals surface area contributed by atoms with Crippen molar-refractivity contribution in [3.8, 4) is 0 Å². The van der Waals surface area contributed by atoms with Crippen LogP contribution >= 0.6 is 22.7 Å². The van der Waals surface area contributed by atoms with Crippen LogP contribution in [0.4, 0.5) is 11.4 Å². The third-order valence-corrected chi connectivity index (χ3v) is 8.00. The van der Waals surface area contributed by atoms with Crippen molar-refractivity contribution in [1.29, 1.82) is 0 Å². The van der Waals surface area contributed by atoms with Gasteiger partial charge in [-0.1, -0.05) is 0 Å². The SMILES string of the molecule is c1cc(Nc2ccc3scnc3c2)c2cc(C3CCNC34CCOC4)sc2n1. The molecule has 2 saturated heterocycles. The smallest absolute Gasteiger partial charge is 0.125 e. The first-order valence-electron chi connectivity index (χ1n) is 9.62. The maximum absolute atomic E-state index is 5.75. The zero-order valence-corrected chi connectivity index (χ0v) is 16.9. The van der Waals surface area contributed by atoms with Crippen molar-refractivity contribution in [2.24, 2.45) is 0 Å². The van der Waals surface area contributed by atoms with Gasteiger partial charge in [0, 0.05) is 34.7 Å². The lowest BCUT2D eigenvalue weighted by molar-refractivity contribution is 0.168. The molecule has 2 fully saturated rings. The monoisotopic (exact) mass is 408 g/mol. The molecule has 142 valence electrons. The van der Waals surface area contributed by atoms with E-state index in [-0.39, 0.29) is 5.54 Å². The highest BCUT2D eigenvalue weighted by molar-refractivity contribution is 7.18. The molecule has 0 bridgehead atoms. The zero-order valence-electron chi connectivity index (χ0n) is 15.3. The molecule has 7 heteroatoms. The maximum atomic E-state index is 5.75. The highest BCUT2D eigenvalue weighted by atomic mass is 32.1. The van der Waals surface area contributed by atoms with E-state index in [1.165, 1.54) is 21.4 Å². The third kappa shape index (κ3) is 2.65. The molecule has 2 aliphatic rings. The first-order valence-corrected chi connectivity index (χ1v) is 11.3. The van der Waals surface area contributed by atoms with Crippen LogP contribution in [0, 0.1) is 0 Å². The van der Waals surface area contributed by atoms with Crippen molar-refractivity contribution in [1.82, 2.24) is 15.3 Å². The van der Waals surface area contributed by atoms with Gasteiger partial charge in [-0.15, -0.1) is 22.7 Å². The normalized spacial score (nSPS) is 24.6. The number of nitrogens with one attached hydrogen (secondary N) is 2. The Labute approximate surface area is 170 Å². The summed E-state index contributed by atoms with van der Waals surface area (Å²) in [7, 11) is 0. The van der Waals surface area contributed by atoms with Gasteiger partial charge in [-0.25, -0.2) is 9.97 Å². The number of thiophene rings is 1. The molecule has 6 rings (SSSR count). The number of hydrogen-bond acceptors (Lipinski definition) is 7. The van der Waals surface area contributed by atoms with Crippen LogP contribution in [0.15, 0.2) is 42.0 Å². The van der Waals surface area contributed by atoms with Crippen LogP contribution in [0.1, 0.15) is 23.6 Å². The summed E-state index contributed by atoms with van der Waals surface area (Å²) in [5.74, 6) is 0.508. The Morgan fingerprint density at radius 2 is 2.21 bits per heavy atom. The van der Waals surface area contributed by atoms with Gasteiger partial charge in [0.25, 0.3) is 0 Å². The van der Waals surface area contributed by atoms with Crippen molar-refractivity contribution in [3.63, 3.8) is 0 Å². The van der Waals surface area contributed by atoms with Gasteiger partial charge in [0.15, 0.2) is 0 Å². The van der Waals surface area contributed by atoms with Gasteiger partial charge in [0.1, 0.15) is 4.83 Å². The first kappa shape index (κ1) is 16.9. The Kier molecular flexibility index (Phi) is 3.91. The molecule has 5 nitrogen and oxygen atoms in total. The van der Waals surface area contributed by atoms with E-state index in [4.69, 9.17) is 4.74 Å². The second-order valence-electron chi connectivity index (χ2n) is 7.61. The molecule has 3 aromatic heterocycles. The minimum atomic E-state index is 0.115. The zero-order chi connectivity index (χ0) is 18.6. The Hall–Kier alpha value is -2.06. The number of hydrogen-bond donors (Lipinski definition) is 2. The average molecular weight is 409 g/mol. The van der Waals surface area contributed by atoms with Gasteiger partial charge in [-0.05, 0) is 49.7 Å². The number of anilines is 2. The van der Waals surface area contributed by atoms with Gasteiger partial charge >= 0.3 is 0 Å². The van der Waals surface area contributed by atoms with Crippen LogP contribution in [-0.2, 0) is 4.74 Å². The van der Waals surface area contributed by atoms with Crippen molar-refractivity contribution in [3.05, 3.63) is 46.9 Å². The van der Waals surface area contributed by atoms with Crippen LogP contribution in [0.2, 0.25) is 0 Å². The summed E-state index contributed by atoms with van der Waals surface area (Å²) in [5, 5.41) is 8.51. The maximum Gasteiger partial charge on any atom is 0.125 e. The molecule has 2 N–H and O–H groups in total. The lowest BCUT2D eigenvalue weighted by Gasteiger charge is -2.28. The number of aromatic nitrogens is 2. The summed E-state index contributed by atoms with van der Waals surface area (Å²) in [6, 6.07) is 10.8. The van der Waals surface area contributed by atoms with Crippen LogP contribution in [-0.4, -0.2) is 35.3 Å². The number of benzene rings is 1. The minimum absolute atomic E-state index is 0.115. The van der Waals surface area contributed by atoms with Crippen LogP contribution in [0.5, 0.6) is 0 Å². The van der Waals surface area contributed by atoms with Gasteiger partial charge in [0.05, 0.1) is 33.6 Å². The molecule has 0 aliphatic carbocycles. The van der Waals surface area contributed by atoms with E-state index in [0.717, 1.165) is 47.9 Å². The highest BCUT2D eigenvalue weighted by Gasteiger charge is 2.46. The fraction of sp³-hybridized carbons (Fsp3) is 0.333. The Morgan fingerprint density at radius 3 is 3.14 bits per heavy atom. The molecule has 2 unspecified atom stereocenters. The second kappa shape index (κ2) is 6.49. The number of rotatable bonds is 3. The van der Waals surface area contributed by atoms with E-state index in [2.05, 4.69) is 50.9 Å². The summed E-state index contributed by atoms with van der Waals surface area (Å²) < 4.78 is 6.96. The van der Waals surface area contributed by atoms with Crippen molar-refractivity contribution >= 4 is 54.5 Å². The molecule has 2 aliphatic heterocycles.